The minimum absolute atomic E-state index is 0.238. The van der Waals surface area contributed by atoms with E-state index in [2.05, 4.69) is 43.9 Å². The molecule has 2 rings (SSSR count). The highest BCUT2D eigenvalue weighted by molar-refractivity contribution is 5.73. The van der Waals surface area contributed by atoms with E-state index in [4.69, 9.17) is 0 Å². The molecule has 1 heterocycles. The van der Waals surface area contributed by atoms with E-state index < -0.39 is 5.97 Å². The van der Waals surface area contributed by atoms with Crippen LogP contribution >= 0.6 is 0 Å². The summed E-state index contributed by atoms with van der Waals surface area (Å²) in [5, 5.41) is 9.60. The quantitative estimate of drug-likeness (QED) is 0.842. The number of aryl methyl sites for hydroxylation is 2. The molecule has 2 unspecified atom stereocenters. The van der Waals surface area contributed by atoms with E-state index in [1.165, 1.54) is 16.7 Å². The number of carboxylic acids is 1. The molecular formula is C19H29NO2. The minimum atomic E-state index is -0.661. The van der Waals surface area contributed by atoms with Crippen molar-refractivity contribution in [1.82, 2.24) is 4.90 Å². The van der Waals surface area contributed by atoms with Crippen LogP contribution in [0.3, 0.4) is 0 Å². The highest BCUT2D eigenvalue weighted by atomic mass is 16.4. The molecule has 3 heteroatoms. The van der Waals surface area contributed by atoms with Crippen molar-refractivity contribution in [2.75, 3.05) is 6.54 Å². The SMILES string of the molecule is CCCCC(c1ccc(C)cc1C)N1CCCCC1C(=O)O. The van der Waals surface area contributed by atoms with Gasteiger partial charge in [-0.2, -0.15) is 0 Å². The Labute approximate surface area is 134 Å². The Bertz CT molecular complexity index is 512. The van der Waals surface area contributed by atoms with E-state index in [9.17, 15) is 9.90 Å². The third-order valence-electron chi connectivity index (χ3n) is 4.85. The van der Waals surface area contributed by atoms with Crippen LogP contribution in [0.15, 0.2) is 18.2 Å². The Morgan fingerprint density at radius 3 is 2.77 bits per heavy atom. The van der Waals surface area contributed by atoms with Crippen molar-refractivity contribution in [1.29, 1.82) is 0 Å². The number of rotatable bonds is 6. The van der Waals surface area contributed by atoms with Gasteiger partial charge < -0.3 is 5.11 Å². The van der Waals surface area contributed by atoms with Crippen LogP contribution in [0.5, 0.6) is 0 Å². The molecular weight excluding hydrogens is 274 g/mol. The highest BCUT2D eigenvalue weighted by Crippen LogP contribution is 2.34. The summed E-state index contributed by atoms with van der Waals surface area (Å²) in [6, 6.07) is 6.49. The Morgan fingerprint density at radius 1 is 1.36 bits per heavy atom. The van der Waals surface area contributed by atoms with Crippen LogP contribution in [0.4, 0.5) is 0 Å². The maximum absolute atomic E-state index is 11.7. The van der Waals surface area contributed by atoms with E-state index in [0.29, 0.717) is 0 Å². The van der Waals surface area contributed by atoms with E-state index in [1.54, 1.807) is 0 Å². The van der Waals surface area contributed by atoms with Gasteiger partial charge in [0.25, 0.3) is 0 Å². The predicted octanol–water partition coefficient (Wildman–Crippen LogP) is 4.47. The first-order valence-corrected chi connectivity index (χ1v) is 8.60. The standard InChI is InChI=1S/C19H29NO2/c1-4-5-8-17(16-11-10-14(2)13-15(16)3)20-12-7-6-9-18(20)19(21)22/h10-11,13,17-18H,4-9,12H2,1-3H3,(H,21,22). The van der Waals surface area contributed by atoms with Gasteiger partial charge in [-0.05, 0) is 50.8 Å². The van der Waals surface area contributed by atoms with Crippen LogP contribution in [0.1, 0.15) is 68.2 Å². The lowest BCUT2D eigenvalue weighted by Crippen LogP contribution is -2.46. The molecule has 0 aromatic heterocycles. The lowest BCUT2D eigenvalue weighted by atomic mass is 9.90. The monoisotopic (exact) mass is 303 g/mol. The molecule has 1 fully saturated rings. The van der Waals surface area contributed by atoms with E-state index >= 15 is 0 Å². The lowest BCUT2D eigenvalue weighted by molar-refractivity contribution is -0.146. The zero-order chi connectivity index (χ0) is 16.1. The van der Waals surface area contributed by atoms with Gasteiger partial charge in [-0.1, -0.05) is 49.9 Å². The van der Waals surface area contributed by atoms with Gasteiger partial charge in [-0.25, -0.2) is 0 Å². The Morgan fingerprint density at radius 2 is 2.14 bits per heavy atom. The fraction of sp³-hybridized carbons (Fsp3) is 0.632. The van der Waals surface area contributed by atoms with Crippen molar-refractivity contribution in [3.63, 3.8) is 0 Å². The van der Waals surface area contributed by atoms with Crippen LogP contribution < -0.4 is 0 Å². The fourth-order valence-electron chi connectivity index (χ4n) is 3.69. The van der Waals surface area contributed by atoms with Crippen LogP contribution in [-0.2, 0) is 4.79 Å². The number of aliphatic carboxylic acids is 1. The average Bonchev–Trinajstić information content (AvgIpc) is 2.49. The molecule has 0 aliphatic carbocycles. The summed E-state index contributed by atoms with van der Waals surface area (Å²) >= 11 is 0. The number of carbonyl (C=O) groups is 1. The first-order chi connectivity index (χ1) is 10.5. The van der Waals surface area contributed by atoms with Crippen LogP contribution in [-0.4, -0.2) is 28.6 Å². The summed E-state index contributed by atoms with van der Waals surface area (Å²) in [6.07, 6.45) is 6.25. The molecule has 0 amide bonds. The lowest BCUT2D eigenvalue weighted by Gasteiger charge is -2.40. The zero-order valence-electron chi connectivity index (χ0n) is 14.1. The number of piperidine rings is 1. The minimum Gasteiger partial charge on any atom is -0.480 e. The molecule has 1 aromatic carbocycles. The molecule has 122 valence electrons. The normalized spacial score (nSPS) is 20.8. The van der Waals surface area contributed by atoms with Gasteiger partial charge in [-0.3, -0.25) is 9.69 Å². The number of nitrogens with zero attached hydrogens (tertiary/aromatic N) is 1. The second kappa shape index (κ2) is 7.77. The van der Waals surface area contributed by atoms with Gasteiger partial charge in [0.2, 0.25) is 0 Å². The third kappa shape index (κ3) is 3.89. The second-order valence-electron chi connectivity index (χ2n) is 6.61. The molecule has 1 aliphatic rings. The average molecular weight is 303 g/mol. The molecule has 2 atom stereocenters. The molecule has 0 spiro atoms. The van der Waals surface area contributed by atoms with Crippen molar-refractivity contribution in [3.05, 3.63) is 34.9 Å². The summed E-state index contributed by atoms with van der Waals surface area (Å²) in [7, 11) is 0. The van der Waals surface area contributed by atoms with E-state index in [-0.39, 0.29) is 12.1 Å². The third-order valence-corrected chi connectivity index (χ3v) is 4.85. The summed E-state index contributed by atoms with van der Waals surface area (Å²) in [6.45, 7) is 7.36. The van der Waals surface area contributed by atoms with Crippen molar-refractivity contribution in [2.24, 2.45) is 0 Å². The van der Waals surface area contributed by atoms with E-state index in [0.717, 1.165) is 45.1 Å². The molecule has 0 bridgehead atoms. The Kier molecular flexibility index (Phi) is 6.01. The van der Waals surface area contributed by atoms with Gasteiger partial charge in [0.05, 0.1) is 0 Å². The maximum Gasteiger partial charge on any atom is 0.320 e. The van der Waals surface area contributed by atoms with Crippen LogP contribution in [0, 0.1) is 13.8 Å². The number of carboxylic acid groups (broad SMARTS) is 1. The molecule has 1 N–H and O–H groups in total. The first kappa shape index (κ1) is 17.0. The topological polar surface area (TPSA) is 40.5 Å². The zero-order valence-corrected chi connectivity index (χ0v) is 14.1. The van der Waals surface area contributed by atoms with Crippen molar-refractivity contribution >= 4 is 5.97 Å². The van der Waals surface area contributed by atoms with Crippen molar-refractivity contribution in [3.8, 4) is 0 Å². The predicted molar refractivity (Wildman–Crippen MR) is 90.2 cm³/mol. The van der Waals surface area contributed by atoms with Gasteiger partial charge in [0, 0.05) is 6.04 Å². The molecule has 3 nitrogen and oxygen atoms in total. The molecule has 1 aromatic rings. The van der Waals surface area contributed by atoms with Crippen LogP contribution in [0.2, 0.25) is 0 Å². The first-order valence-electron chi connectivity index (χ1n) is 8.60. The number of unbranched alkanes of at least 4 members (excludes halogenated alkanes) is 1. The van der Waals surface area contributed by atoms with Crippen molar-refractivity contribution in [2.45, 2.75) is 71.4 Å². The van der Waals surface area contributed by atoms with Crippen molar-refractivity contribution < 1.29 is 9.90 Å². The summed E-state index contributed by atoms with van der Waals surface area (Å²) < 4.78 is 0. The summed E-state index contributed by atoms with van der Waals surface area (Å²) in [4.78, 5) is 13.9. The Hall–Kier alpha value is -1.35. The highest BCUT2D eigenvalue weighted by Gasteiger charge is 2.34. The van der Waals surface area contributed by atoms with E-state index in [1.807, 2.05) is 0 Å². The number of likely N-dealkylation sites (tertiary alicyclic amines) is 1. The Balaban J connectivity index is 2.33. The molecule has 1 saturated heterocycles. The molecule has 0 saturated carbocycles. The van der Waals surface area contributed by atoms with Gasteiger partial charge in [-0.15, -0.1) is 0 Å². The largest absolute Gasteiger partial charge is 0.480 e. The molecule has 0 radical (unpaired) electrons. The fourth-order valence-corrected chi connectivity index (χ4v) is 3.69. The summed E-state index contributed by atoms with van der Waals surface area (Å²) in [5.41, 5.74) is 3.87. The number of hydrogen-bond donors (Lipinski definition) is 1. The maximum atomic E-state index is 11.7. The molecule has 22 heavy (non-hydrogen) atoms. The summed E-state index contributed by atoms with van der Waals surface area (Å²) in [5.74, 6) is -0.661. The van der Waals surface area contributed by atoms with Gasteiger partial charge in [0.1, 0.15) is 6.04 Å². The van der Waals surface area contributed by atoms with Gasteiger partial charge >= 0.3 is 5.97 Å². The smallest absolute Gasteiger partial charge is 0.320 e. The van der Waals surface area contributed by atoms with Crippen LogP contribution in [0.25, 0.3) is 0 Å². The molecule has 1 aliphatic heterocycles. The number of hydrogen-bond acceptors (Lipinski definition) is 2. The number of benzene rings is 1. The second-order valence-corrected chi connectivity index (χ2v) is 6.61. The van der Waals surface area contributed by atoms with Gasteiger partial charge in [0.15, 0.2) is 0 Å².